The van der Waals surface area contributed by atoms with Gasteiger partial charge in [0.15, 0.2) is 0 Å². The molecule has 1 aromatic rings. The summed E-state index contributed by atoms with van der Waals surface area (Å²) in [6.07, 6.45) is 0. The molecule has 3 nitrogen and oxygen atoms in total. The maximum Gasteiger partial charge on any atom is 0.346 e. The minimum atomic E-state index is -0.550. The molecule has 0 saturated heterocycles. The molecule has 0 saturated carbocycles. The quantitative estimate of drug-likeness (QED) is 0.432. The lowest BCUT2D eigenvalue weighted by atomic mass is 10.1. The first-order valence-corrected chi connectivity index (χ1v) is 3.14. The highest BCUT2D eigenvalue weighted by atomic mass is 16.6. The minimum Gasteiger partial charge on any atom is -0.386 e. The Labute approximate surface area is 70.0 Å². The monoisotopic (exact) mass is 164 g/mol. The van der Waals surface area contributed by atoms with Gasteiger partial charge in [-0.2, -0.15) is 0 Å². The molecule has 62 valence electrons. The van der Waals surface area contributed by atoms with Crippen LogP contribution >= 0.6 is 0 Å². The average Bonchev–Trinajstić information content (AvgIpc) is 2.30. The van der Waals surface area contributed by atoms with Crippen molar-refractivity contribution in [3.05, 3.63) is 35.4 Å². The molecule has 3 heteroatoms. The van der Waals surface area contributed by atoms with E-state index in [-0.39, 0.29) is 7.43 Å². The summed E-state index contributed by atoms with van der Waals surface area (Å²) in [5, 5.41) is 0. The second kappa shape index (κ2) is 2.77. The van der Waals surface area contributed by atoms with Crippen molar-refractivity contribution in [1.82, 2.24) is 0 Å². The first-order valence-electron chi connectivity index (χ1n) is 3.14. The molecule has 1 aromatic carbocycles. The van der Waals surface area contributed by atoms with Crippen LogP contribution in [0.2, 0.25) is 0 Å². The molecule has 0 amide bonds. The number of carbonyl (C=O) groups is 2. The van der Waals surface area contributed by atoms with Crippen molar-refractivity contribution < 1.29 is 14.3 Å². The molecule has 12 heavy (non-hydrogen) atoms. The summed E-state index contributed by atoms with van der Waals surface area (Å²) in [5.41, 5.74) is 0.718. The van der Waals surface area contributed by atoms with Gasteiger partial charge in [0.05, 0.1) is 11.1 Å². The number of hydrogen-bond acceptors (Lipinski definition) is 3. The van der Waals surface area contributed by atoms with E-state index >= 15 is 0 Å². The lowest BCUT2D eigenvalue weighted by Gasteiger charge is -1.86. The number of fused-ring (bicyclic) bond motifs is 1. The van der Waals surface area contributed by atoms with E-state index in [4.69, 9.17) is 0 Å². The van der Waals surface area contributed by atoms with Crippen molar-refractivity contribution in [2.75, 3.05) is 0 Å². The molecule has 0 aromatic heterocycles. The van der Waals surface area contributed by atoms with Crippen LogP contribution in [0.3, 0.4) is 0 Å². The first kappa shape index (κ1) is 8.46. The summed E-state index contributed by atoms with van der Waals surface area (Å²) in [4.78, 5) is 21.7. The van der Waals surface area contributed by atoms with Gasteiger partial charge >= 0.3 is 11.9 Å². The highest BCUT2D eigenvalue weighted by molar-refractivity contribution is 6.14. The highest BCUT2D eigenvalue weighted by Gasteiger charge is 2.28. The third-order valence-electron chi connectivity index (χ3n) is 1.55. The van der Waals surface area contributed by atoms with Crippen LogP contribution in [0.15, 0.2) is 24.3 Å². The molecule has 0 atom stereocenters. The first-order chi connectivity index (χ1) is 5.29. The Morgan fingerprint density at radius 3 is 1.75 bits per heavy atom. The van der Waals surface area contributed by atoms with Crippen LogP contribution < -0.4 is 0 Å². The van der Waals surface area contributed by atoms with Gasteiger partial charge in [-0.05, 0) is 12.1 Å². The molecule has 0 unspecified atom stereocenters. The van der Waals surface area contributed by atoms with Crippen LogP contribution in [-0.2, 0) is 4.74 Å². The standard InChI is InChI=1S/C8H4O3.CH4/c9-7-5-3-1-2-4-6(5)8(10)11-7;/h1-4H;1H4. The molecule has 0 spiro atoms. The summed E-state index contributed by atoms with van der Waals surface area (Å²) in [6.45, 7) is 0. The molecule has 0 aliphatic carbocycles. The molecular weight excluding hydrogens is 156 g/mol. The van der Waals surface area contributed by atoms with Crippen molar-refractivity contribution in [2.24, 2.45) is 0 Å². The van der Waals surface area contributed by atoms with Crippen LogP contribution in [0.1, 0.15) is 28.1 Å². The molecular formula is C9H8O3. The third kappa shape index (κ3) is 0.993. The summed E-state index contributed by atoms with van der Waals surface area (Å²) in [5.74, 6) is -1.10. The van der Waals surface area contributed by atoms with Gasteiger partial charge < -0.3 is 4.74 Å². The fourth-order valence-corrected chi connectivity index (χ4v) is 1.03. The van der Waals surface area contributed by atoms with Gasteiger partial charge in [-0.25, -0.2) is 9.59 Å². The number of benzene rings is 1. The van der Waals surface area contributed by atoms with E-state index in [1.54, 1.807) is 24.3 Å². The molecule has 0 radical (unpaired) electrons. The predicted octanol–water partition coefficient (Wildman–Crippen LogP) is 1.63. The maximum atomic E-state index is 10.8. The Bertz CT molecular complexity index is 308. The van der Waals surface area contributed by atoms with Crippen LogP contribution in [0.25, 0.3) is 0 Å². The second-order valence-corrected chi connectivity index (χ2v) is 2.22. The lowest BCUT2D eigenvalue weighted by Crippen LogP contribution is -1.96. The fraction of sp³-hybridized carbons (Fsp3) is 0.111. The van der Waals surface area contributed by atoms with Gasteiger partial charge in [0.2, 0.25) is 0 Å². The molecule has 0 bridgehead atoms. The Morgan fingerprint density at radius 2 is 1.33 bits per heavy atom. The highest BCUT2D eigenvalue weighted by Crippen LogP contribution is 2.18. The van der Waals surface area contributed by atoms with E-state index in [0.29, 0.717) is 11.1 Å². The number of hydrogen-bond donors (Lipinski definition) is 0. The fourth-order valence-electron chi connectivity index (χ4n) is 1.03. The Balaban J connectivity index is 0.000000720. The Hall–Kier alpha value is -1.64. The van der Waals surface area contributed by atoms with Crippen molar-refractivity contribution in [1.29, 1.82) is 0 Å². The van der Waals surface area contributed by atoms with Gasteiger partial charge in [0.25, 0.3) is 0 Å². The van der Waals surface area contributed by atoms with Crippen molar-refractivity contribution in [3.63, 3.8) is 0 Å². The van der Waals surface area contributed by atoms with Gasteiger partial charge in [0.1, 0.15) is 0 Å². The van der Waals surface area contributed by atoms with Gasteiger partial charge in [-0.1, -0.05) is 19.6 Å². The zero-order valence-electron chi connectivity index (χ0n) is 5.53. The van der Waals surface area contributed by atoms with E-state index in [0.717, 1.165) is 0 Å². The number of cyclic esters (lactones) is 2. The molecule has 1 aliphatic heterocycles. The summed E-state index contributed by atoms with van der Waals surface area (Å²) in [6, 6.07) is 6.53. The topological polar surface area (TPSA) is 43.4 Å². The van der Waals surface area contributed by atoms with Crippen molar-refractivity contribution in [3.8, 4) is 0 Å². The third-order valence-corrected chi connectivity index (χ3v) is 1.55. The summed E-state index contributed by atoms with van der Waals surface area (Å²) < 4.78 is 4.35. The second-order valence-electron chi connectivity index (χ2n) is 2.22. The maximum absolute atomic E-state index is 10.8. The Morgan fingerprint density at radius 1 is 0.917 bits per heavy atom. The number of carbonyl (C=O) groups excluding carboxylic acids is 2. The Kier molecular flexibility index (Phi) is 1.95. The molecule has 0 N–H and O–H groups in total. The normalized spacial score (nSPS) is 13.3. The number of rotatable bonds is 0. The molecule has 1 heterocycles. The van der Waals surface area contributed by atoms with E-state index in [1.165, 1.54) is 0 Å². The lowest BCUT2D eigenvalue weighted by molar-refractivity contribution is 0.0444. The van der Waals surface area contributed by atoms with Gasteiger partial charge in [0, 0.05) is 0 Å². The van der Waals surface area contributed by atoms with Crippen LogP contribution in [0, 0.1) is 0 Å². The van der Waals surface area contributed by atoms with E-state index in [9.17, 15) is 9.59 Å². The van der Waals surface area contributed by atoms with Gasteiger partial charge in [-0.15, -0.1) is 0 Å². The van der Waals surface area contributed by atoms with Crippen LogP contribution in [0.4, 0.5) is 0 Å². The molecule has 2 rings (SSSR count). The largest absolute Gasteiger partial charge is 0.386 e. The van der Waals surface area contributed by atoms with Crippen molar-refractivity contribution in [2.45, 2.75) is 7.43 Å². The number of ether oxygens (including phenoxy) is 1. The summed E-state index contributed by atoms with van der Waals surface area (Å²) in [7, 11) is 0. The molecule has 0 fully saturated rings. The average molecular weight is 164 g/mol. The van der Waals surface area contributed by atoms with Crippen LogP contribution in [-0.4, -0.2) is 11.9 Å². The number of esters is 2. The predicted molar refractivity (Wildman–Crippen MR) is 42.9 cm³/mol. The van der Waals surface area contributed by atoms with Gasteiger partial charge in [-0.3, -0.25) is 0 Å². The van der Waals surface area contributed by atoms with E-state index in [2.05, 4.69) is 4.74 Å². The molecule has 1 aliphatic rings. The zero-order valence-corrected chi connectivity index (χ0v) is 5.53. The van der Waals surface area contributed by atoms with E-state index < -0.39 is 11.9 Å². The zero-order chi connectivity index (χ0) is 7.84. The summed E-state index contributed by atoms with van der Waals surface area (Å²) >= 11 is 0. The smallest absolute Gasteiger partial charge is 0.346 e. The minimum absolute atomic E-state index is 0. The van der Waals surface area contributed by atoms with Crippen LogP contribution in [0.5, 0.6) is 0 Å². The van der Waals surface area contributed by atoms with Crippen molar-refractivity contribution >= 4 is 11.9 Å². The SMILES string of the molecule is C.O=C1OC(=O)c2ccccc21. The van der Waals surface area contributed by atoms with E-state index in [1.807, 2.05) is 0 Å².